The smallest absolute Gasteiger partial charge is 0.333 e. The molecular formula is C20H20ClN5O4. The number of benzene rings is 1. The lowest BCUT2D eigenvalue weighted by Gasteiger charge is -2.11. The predicted octanol–water partition coefficient (Wildman–Crippen LogP) is 1.89. The second-order valence-electron chi connectivity index (χ2n) is 7.12. The van der Waals surface area contributed by atoms with E-state index in [2.05, 4.69) is 9.72 Å². The Labute approximate surface area is 175 Å². The molecule has 10 heteroatoms. The number of methoxy groups -OCH3 is 1. The molecule has 3 heterocycles. The van der Waals surface area contributed by atoms with Crippen LogP contribution in [-0.2, 0) is 23.1 Å². The largest absolute Gasteiger partial charge is 0.468 e. The molecule has 0 spiro atoms. The maximum atomic E-state index is 13.2. The maximum absolute atomic E-state index is 13.2. The molecule has 0 bridgehead atoms. The van der Waals surface area contributed by atoms with Crippen molar-refractivity contribution in [3.8, 4) is 5.69 Å². The first kappa shape index (κ1) is 20.0. The number of imidazole rings is 2. The van der Waals surface area contributed by atoms with E-state index in [0.29, 0.717) is 10.8 Å². The number of carbonyl (C=O) groups excluding carboxylic acids is 1. The van der Waals surface area contributed by atoms with Gasteiger partial charge in [0.25, 0.3) is 5.56 Å². The minimum absolute atomic E-state index is 0.218. The lowest BCUT2D eigenvalue weighted by Crippen LogP contribution is -2.41. The van der Waals surface area contributed by atoms with Crippen molar-refractivity contribution in [3.63, 3.8) is 0 Å². The first-order chi connectivity index (χ1) is 14.2. The molecule has 1 aromatic carbocycles. The van der Waals surface area contributed by atoms with Gasteiger partial charge in [0.15, 0.2) is 11.2 Å². The van der Waals surface area contributed by atoms with Gasteiger partial charge < -0.3 is 4.74 Å². The number of aryl methyl sites for hydroxylation is 2. The number of rotatable bonds is 3. The molecule has 0 aliphatic rings. The second-order valence-corrected chi connectivity index (χ2v) is 7.53. The van der Waals surface area contributed by atoms with E-state index in [1.54, 1.807) is 10.5 Å². The summed E-state index contributed by atoms with van der Waals surface area (Å²) >= 11 is 6.32. The summed E-state index contributed by atoms with van der Waals surface area (Å²) in [6.07, 6.45) is 0. The highest BCUT2D eigenvalue weighted by Crippen LogP contribution is 2.28. The second kappa shape index (κ2) is 6.88. The van der Waals surface area contributed by atoms with Crippen LogP contribution < -0.4 is 11.2 Å². The molecule has 0 aliphatic heterocycles. The molecule has 0 N–H and O–H groups in total. The lowest BCUT2D eigenvalue weighted by molar-refractivity contribution is -0.141. The molecule has 0 radical (unpaired) electrons. The Kier molecular flexibility index (Phi) is 4.58. The molecule has 9 nitrogen and oxygen atoms in total. The van der Waals surface area contributed by atoms with Gasteiger partial charge in [-0.05, 0) is 38.5 Å². The summed E-state index contributed by atoms with van der Waals surface area (Å²) in [6, 6.07) is 5.57. The number of hydrogen-bond donors (Lipinski definition) is 0. The van der Waals surface area contributed by atoms with Crippen molar-refractivity contribution in [1.29, 1.82) is 0 Å². The van der Waals surface area contributed by atoms with Crippen LogP contribution in [-0.4, -0.2) is 36.2 Å². The van der Waals surface area contributed by atoms with Gasteiger partial charge >= 0.3 is 11.7 Å². The zero-order chi connectivity index (χ0) is 21.9. The summed E-state index contributed by atoms with van der Waals surface area (Å²) in [5, 5.41) is 0.611. The SMILES string of the molecule is COC(=O)Cn1c(=O)c2c(nc3n(-c4cccc(Cl)c4C)c(C)c(C)n23)n(C)c1=O. The van der Waals surface area contributed by atoms with Gasteiger partial charge in [0.2, 0.25) is 5.78 Å². The van der Waals surface area contributed by atoms with Crippen molar-refractivity contribution in [1.82, 2.24) is 23.1 Å². The van der Waals surface area contributed by atoms with Crippen LogP contribution in [0.2, 0.25) is 5.02 Å². The van der Waals surface area contributed by atoms with Gasteiger partial charge in [0.1, 0.15) is 6.54 Å². The molecule has 0 aliphatic carbocycles. The molecule has 0 saturated heterocycles. The molecule has 4 rings (SSSR count). The molecule has 4 aromatic rings. The first-order valence-electron chi connectivity index (χ1n) is 9.21. The Morgan fingerprint density at radius 1 is 1.17 bits per heavy atom. The number of hydrogen-bond acceptors (Lipinski definition) is 5. The van der Waals surface area contributed by atoms with Crippen LogP contribution in [0.5, 0.6) is 0 Å². The molecule has 3 aromatic heterocycles. The van der Waals surface area contributed by atoms with Crippen molar-refractivity contribution >= 4 is 34.5 Å². The monoisotopic (exact) mass is 429 g/mol. The highest BCUT2D eigenvalue weighted by Gasteiger charge is 2.24. The molecule has 30 heavy (non-hydrogen) atoms. The summed E-state index contributed by atoms with van der Waals surface area (Å²) in [5.41, 5.74) is 2.56. The van der Waals surface area contributed by atoms with Gasteiger partial charge in [0.05, 0.1) is 12.8 Å². The van der Waals surface area contributed by atoms with Crippen LogP contribution >= 0.6 is 11.6 Å². The Hall–Kier alpha value is -3.33. The zero-order valence-electron chi connectivity index (χ0n) is 17.2. The Balaban J connectivity index is 2.17. The van der Waals surface area contributed by atoms with E-state index in [-0.39, 0.29) is 11.2 Å². The summed E-state index contributed by atoms with van der Waals surface area (Å²) in [7, 11) is 2.72. The van der Waals surface area contributed by atoms with Crippen LogP contribution in [0.25, 0.3) is 22.6 Å². The fourth-order valence-electron chi connectivity index (χ4n) is 3.71. The van der Waals surface area contributed by atoms with Crippen molar-refractivity contribution in [2.45, 2.75) is 27.3 Å². The highest BCUT2D eigenvalue weighted by molar-refractivity contribution is 6.31. The Morgan fingerprint density at radius 2 is 1.87 bits per heavy atom. The molecule has 156 valence electrons. The third-order valence-electron chi connectivity index (χ3n) is 5.51. The summed E-state index contributed by atoms with van der Waals surface area (Å²) in [6.45, 7) is 5.22. The Bertz CT molecular complexity index is 1470. The first-order valence-corrected chi connectivity index (χ1v) is 9.59. The zero-order valence-corrected chi connectivity index (χ0v) is 17.9. The average Bonchev–Trinajstić information content (AvgIpc) is 3.22. The van der Waals surface area contributed by atoms with Crippen molar-refractivity contribution < 1.29 is 9.53 Å². The van der Waals surface area contributed by atoms with Crippen molar-refractivity contribution in [2.24, 2.45) is 7.05 Å². The summed E-state index contributed by atoms with van der Waals surface area (Å²) in [4.78, 5) is 42.3. The molecule has 0 saturated carbocycles. The minimum atomic E-state index is -0.686. The van der Waals surface area contributed by atoms with E-state index in [4.69, 9.17) is 11.6 Å². The standard InChI is InChI=1S/C20H20ClN5O4/c1-10-13(21)7-6-8-14(10)25-11(2)12(3)26-16-17(22-19(25)26)23(4)20(29)24(18(16)28)9-15(27)30-5/h6-8H,9H2,1-5H3. The maximum Gasteiger partial charge on any atom is 0.333 e. The molecule has 0 atom stereocenters. The van der Waals surface area contributed by atoms with Crippen LogP contribution in [0, 0.1) is 20.8 Å². The average molecular weight is 430 g/mol. The number of fused-ring (bicyclic) bond motifs is 3. The van der Waals surface area contributed by atoms with E-state index in [1.807, 2.05) is 37.5 Å². The summed E-state index contributed by atoms with van der Waals surface area (Å²) in [5.74, 6) is -0.206. The number of aromatic nitrogens is 5. The molecule has 0 unspecified atom stereocenters. The molecule has 0 fully saturated rings. The number of carbonyl (C=O) groups is 1. The fraction of sp³-hybridized carbons (Fsp3) is 0.300. The van der Waals surface area contributed by atoms with Crippen molar-refractivity contribution in [2.75, 3.05) is 7.11 Å². The van der Waals surface area contributed by atoms with Crippen LogP contribution in [0.4, 0.5) is 0 Å². The van der Waals surface area contributed by atoms with Crippen LogP contribution in [0.1, 0.15) is 17.0 Å². The van der Waals surface area contributed by atoms with Crippen LogP contribution in [0.3, 0.4) is 0 Å². The van der Waals surface area contributed by atoms with Gasteiger partial charge in [-0.1, -0.05) is 17.7 Å². The quantitative estimate of drug-likeness (QED) is 0.464. The van der Waals surface area contributed by atoms with Gasteiger partial charge in [-0.25, -0.2) is 9.36 Å². The fourth-order valence-corrected chi connectivity index (χ4v) is 3.88. The van der Waals surface area contributed by atoms with E-state index >= 15 is 0 Å². The topological polar surface area (TPSA) is 92.5 Å². The van der Waals surface area contributed by atoms with E-state index < -0.39 is 23.8 Å². The highest BCUT2D eigenvalue weighted by atomic mass is 35.5. The minimum Gasteiger partial charge on any atom is -0.468 e. The predicted molar refractivity (Wildman–Crippen MR) is 113 cm³/mol. The third kappa shape index (κ3) is 2.62. The lowest BCUT2D eigenvalue weighted by atomic mass is 10.2. The Morgan fingerprint density at radius 3 is 2.53 bits per heavy atom. The normalized spacial score (nSPS) is 11.5. The van der Waals surface area contributed by atoms with Gasteiger partial charge in [0, 0.05) is 23.5 Å². The van der Waals surface area contributed by atoms with E-state index in [1.165, 1.54) is 18.7 Å². The molecule has 0 amide bonds. The van der Waals surface area contributed by atoms with Crippen molar-refractivity contribution in [3.05, 3.63) is 61.0 Å². The van der Waals surface area contributed by atoms with E-state index in [9.17, 15) is 14.4 Å². The molecular weight excluding hydrogens is 410 g/mol. The number of nitrogens with zero attached hydrogens (tertiary/aromatic N) is 5. The van der Waals surface area contributed by atoms with Gasteiger partial charge in [-0.3, -0.25) is 23.1 Å². The van der Waals surface area contributed by atoms with E-state index in [0.717, 1.165) is 27.2 Å². The number of halogens is 1. The number of ether oxygens (including phenoxy) is 1. The number of esters is 1. The van der Waals surface area contributed by atoms with Gasteiger partial charge in [-0.15, -0.1) is 0 Å². The summed E-state index contributed by atoms with van der Waals surface area (Å²) < 4.78 is 10.4. The van der Waals surface area contributed by atoms with Gasteiger partial charge in [-0.2, -0.15) is 4.98 Å². The van der Waals surface area contributed by atoms with Crippen LogP contribution in [0.15, 0.2) is 27.8 Å². The third-order valence-corrected chi connectivity index (χ3v) is 5.92.